The van der Waals surface area contributed by atoms with E-state index in [0.717, 1.165) is 43.6 Å². The number of rotatable bonds is 5. The minimum atomic E-state index is -0.0143. The predicted octanol–water partition coefficient (Wildman–Crippen LogP) is 2.72. The van der Waals surface area contributed by atoms with Gasteiger partial charge in [-0.1, -0.05) is 11.6 Å². The van der Waals surface area contributed by atoms with Gasteiger partial charge in [0, 0.05) is 38.2 Å². The quantitative estimate of drug-likeness (QED) is 0.816. The van der Waals surface area contributed by atoms with E-state index in [0.29, 0.717) is 17.6 Å². The highest BCUT2D eigenvalue weighted by Crippen LogP contribution is 2.28. The van der Waals surface area contributed by atoms with Crippen LogP contribution >= 0.6 is 11.6 Å². The van der Waals surface area contributed by atoms with Crippen LogP contribution in [0.3, 0.4) is 0 Å². The van der Waals surface area contributed by atoms with E-state index in [-0.39, 0.29) is 11.8 Å². The molecular weight excluding hydrogens is 340 g/mol. The fourth-order valence-electron chi connectivity index (χ4n) is 3.15. The summed E-state index contributed by atoms with van der Waals surface area (Å²) in [5, 5.41) is 0.640. The van der Waals surface area contributed by atoms with Crippen LogP contribution in [0, 0.1) is 5.92 Å². The van der Waals surface area contributed by atoms with Gasteiger partial charge in [-0.2, -0.15) is 4.98 Å². The number of hydrogen-bond acceptors (Lipinski definition) is 5. The Bertz CT molecular complexity index is 746. The van der Waals surface area contributed by atoms with E-state index in [1.165, 1.54) is 0 Å². The van der Waals surface area contributed by atoms with Gasteiger partial charge in [-0.3, -0.25) is 4.79 Å². The summed E-state index contributed by atoms with van der Waals surface area (Å²) in [5.74, 6) is 0.185. The molecule has 0 N–H and O–H groups in total. The first kappa shape index (κ1) is 18.0. The first-order valence-corrected chi connectivity index (χ1v) is 9.02. The van der Waals surface area contributed by atoms with Crippen molar-refractivity contribution in [3.63, 3.8) is 0 Å². The molecule has 0 aliphatic carbocycles. The molecule has 1 saturated heterocycles. The molecule has 2 heterocycles. The number of aromatic nitrogens is 1. The highest BCUT2D eigenvalue weighted by Gasteiger charge is 2.30. The number of amides is 1. The Labute approximate surface area is 153 Å². The normalized spacial score (nSPS) is 18.1. The van der Waals surface area contributed by atoms with Crippen LogP contribution in [0.5, 0.6) is 0 Å². The van der Waals surface area contributed by atoms with Crippen LogP contribution in [0.1, 0.15) is 12.8 Å². The standard InChI is InChI=1S/C18H25ClN4O2/c1-21(2)9-10-22(3)17(24)13-5-4-8-23(12-13)18-20-15-11-14(19)6-7-16(15)25-18/h6-7,11,13H,4-5,8-10,12H2,1-3H3. The van der Waals surface area contributed by atoms with E-state index < -0.39 is 0 Å². The molecule has 1 aromatic carbocycles. The number of oxazole rings is 1. The minimum absolute atomic E-state index is 0.0143. The molecule has 3 rings (SSSR count). The molecule has 136 valence electrons. The van der Waals surface area contributed by atoms with Crippen molar-refractivity contribution in [1.29, 1.82) is 0 Å². The van der Waals surface area contributed by atoms with Crippen LogP contribution in [0.25, 0.3) is 11.1 Å². The topological polar surface area (TPSA) is 52.8 Å². The second kappa shape index (κ2) is 7.62. The maximum Gasteiger partial charge on any atom is 0.298 e. The zero-order valence-electron chi connectivity index (χ0n) is 15.0. The molecule has 1 aliphatic rings. The lowest BCUT2D eigenvalue weighted by Gasteiger charge is -2.33. The zero-order valence-corrected chi connectivity index (χ0v) is 15.8. The third-order valence-electron chi connectivity index (χ3n) is 4.64. The molecule has 1 aliphatic heterocycles. The molecule has 7 heteroatoms. The van der Waals surface area contributed by atoms with Gasteiger partial charge in [-0.25, -0.2) is 0 Å². The summed E-state index contributed by atoms with van der Waals surface area (Å²) in [6, 6.07) is 5.99. The van der Waals surface area contributed by atoms with E-state index in [1.807, 2.05) is 32.1 Å². The molecule has 1 amide bonds. The fraction of sp³-hybridized carbons (Fsp3) is 0.556. The number of hydrogen-bond donors (Lipinski definition) is 0. The average Bonchev–Trinajstić information content (AvgIpc) is 3.02. The largest absolute Gasteiger partial charge is 0.423 e. The van der Waals surface area contributed by atoms with Crippen molar-refractivity contribution in [3.05, 3.63) is 23.2 Å². The monoisotopic (exact) mass is 364 g/mol. The summed E-state index contributed by atoms with van der Waals surface area (Å²) in [5.41, 5.74) is 1.47. The molecule has 2 aromatic rings. The number of carbonyl (C=O) groups excluding carboxylic acids is 1. The van der Waals surface area contributed by atoms with Gasteiger partial charge in [0.2, 0.25) is 5.91 Å². The van der Waals surface area contributed by atoms with Crippen LogP contribution in [0.15, 0.2) is 22.6 Å². The van der Waals surface area contributed by atoms with Crippen molar-refractivity contribution >= 4 is 34.6 Å². The van der Waals surface area contributed by atoms with Crippen LogP contribution in [0.4, 0.5) is 6.01 Å². The summed E-state index contributed by atoms with van der Waals surface area (Å²) in [7, 11) is 5.91. The Morgan fingerprint density at radius 3 is 2.92 bits per heavy atom. The first-order chi connectivity index (χ1) is 11.9. The van der Waals surface area contributed by atoms with Gasteiger partial charge in [-0.05, 0) is 45.1 Å². The number of benzene rings is 1. The molecule has 0 spiro atoms. The molecule has 1 unspecified atom stereocenters. The van der Waals surface area contributed by atoms with Gasteiger partial charge in [-0.15, -0.1) is 0 Å². The van der Waals surface area contributed by atoms with Crippen molar-refractivity contribution < 1.29 is 9.21 Å². The third-order valence-corrected chi connectivity index (χ3v) is 4.87. The predicted molar refractivity (Wildman–Crippen MR) is 100 cm³/mol. The first-order valence-electron chi connectivity index (χ1n) is 8.65. The third kappa shape index (κ3) is 4.25. The number of carbonyl (C=O) groups is 1. The van der Waals surface area contributed by atoms with E-state index in [9.17, 15) is 4.79 Å². The van der Waals surface area contributed by atoms with E-state index in [4.69, 9.17) is 16.0 Å². The van der Waals surface area contributed by atoms with E-state index in [1.54, 1.807) is 12.1 Å². The van der Waals surface area contributed by atoms with Gasteiger partial charge >= 0.3 is 0 Å². The lowest BCUT2D eigenvalue weighted by Crippen LogP contribution is -2.45. The molecule has 1 aromatic heterocycles. The lowest BCUT2D eigenvalue weighted by atomic mass is 9.97. The maximum atomic E-state index is 12.7. The van der Waals surface area contributed by atoms with Gasteiger partial charge in [0.1, 0.15) is 5.52 Å². The summed E-state index contributed by atoms with van der Waals surface area (Å²) in [6.07, 6.45) is 1.87. The van der Waals surface area contributed by atoms with Crippen molar-refractivity contribution in [2.45, 2.75) is 12.8 Å². The van der Waals surface area contributed by atoms with E-state index >= 15 is 0 Å². The van der Waals surface area contributed by atoms with Crippen molar-refractivity contribution in [2.75, 3.05) is 52.2 Å². The number of fused-ring (bicyclic) bond motifs is 1. The molecule has 0 saturated carbocycles. The molecule has 1 atom stereocenters. The highest BCUT2D eigenvalue weighted by atomic mass is 35.5. The molecule has 1 fully saturated rings. The summed E-state index contributed by atoms with van der Waals surface area (Å²) >= 11 is 6.02. The van der Waals surface area contributed by atoms with Crippen LogP contribution in [-0.4, -0.2) is 68.0 Å². The number of anilines is 1. The average molecular weight is 365 g/mol. The molecular formula is C18H25ClN4O2. The molecule has 6 nitrogen and oxygen atoms in total. The van der Waals surface area contributed by atoms with E-state index in [2.05, 4.69) is 14.8 Å². The summed E-state index contributed by atoms with van der Waals surface area (Å²) in [4.78, 5) is 23.2. The van der Waals surface area contributed by atoms with Gasteiger partial charge < -0.3 is 19.1 Å². The van der Waals surface area contributed by atoms with Crippen molar-refractivity contribution in [3.8, 4) is 0 Å². The molecule has 0 radical (unpaired) electrons. The second-order valence-electron chi connectivity index (χ2n) is 6.96. The van der Waals surface area contributed by atoms with Crippen LogP contribution in [0.2, 0.25) is 5.02 Å². The number of likely N-dealkylation sites (N-methyl/N-ethyl adjacent to an activating group) is 2. The summed E-state index contributed by atoms with van der Waals surface area (Å²) < 4.78 is 5.85. The number of halogens is 1. The number of piperidine rings is 1. The van der Waals surface area contributed by atoms with Gasteiger partial charge in [0.15, 0.2) is 5.58 Å². The zero-order chi connectivity index (χ0) is 18.0. The fourth-order valence-corrected chi connectivity index (χ4v) is 3.31. The van der Waals surface area contributed by atoms with Crippen LogP contribution in [-0.2, 0) is 4.79 Å². The Hall–Kier alpha value is -1.79. The maximum absolute atomic E-state index is 12.7. The van der Waals surface area contributed by atoms with Crippen LogP contribution < -0.4 is 4.90 Å². The van der Waals surface area contributed by atoms with Gasteiger partial charge in [0.05, 0.1) is 5.92 Å². The van der Waals surface area contributed by atoms with Gasteiger partial charge in [0.25, 0.3) is 6.01 Å². The Kier molecular flexibility index (Phi) is 5.49. The Balaban J connectivity index is 1.68. The SMILES string of the molecule is CN(C)CCN(C)C(=O)C1CCCN(c2nc3cc(Cl)ccc3o2)C1. The second-order valence-corrected chi connectivity index (χ2v) is 7.39. The lowest BCUT2D eigenvalue weighted by molar-refractivity contribution is -0.134. The minimum Gasteiger partial charge on any atom is -0.423 e. The summed E-state index contributed by atoms with van der Waals surface area (Å²) in [6.45, 7) is 3.10. The van der Waals surface area contributed by atoms with Crippen molar-refractivity contribution in [2.24, 2.45) is 5.92 Å². The molecule has 0 bridgehead atoms. The van der Waals surface area contributed by atoms with Crippen molar-refractivity contribution in [1.82, 2.24) is 14.8 Å². The highest BCUT2D eigenvalue weighted by molar-refractivity contribution is 6.31. The smallest absolute Gasteiger partial charge is 0.298 e. The Morgan fingerprint density at radius 2 is 2.16 bits per heavy atom. The number of nitrogens with zero attached hydrogens (tertiary/aromatic N) is 4. The molecule has 25 heavy (non-hydrogen) atoms. The Morgan fingerprint density at radius 1 is 1.36 bits per heavy atom.